The first-order valence-electron chi connectivity index (χ1n) is 4.29. The predicted octanol–water partition coefficient (Wildman–Crippen LogP) is 3.03. The maximum atomic E-state index is 10.8. The van der Waals surface area contributed by atoms with Gasteiger partial charge in [-0.1, -0.05) is 23.3 Å². The lowest BCUT2D eigenvalue weighted by molar-refractivity contribution is -0.137. The zero-order valence-corrected chi connectivity index (χ0v) is 8.80. The van der Waals surface area contributed by atoms with Crippen molar-refractivity contribution >= 4 is 17.6 Å². The van der Waals surface area contributed by atoms with Gasteiger partial charge < -0.3 is 4.74 Å². The van der Waals surface area contributed by atoms with Gasteiger partial charge in [0.2, 0.25) is 0 Å². The molecule has 0 amide bonds. The van der Waals surface area contributed by atoms with Crippen molar-refractivity contribution < 1.29 is 9.53 Å². The monoisotopic (exact) mass is 202 g/mol. The average molecular weight is 203 g/mol. The van der Waals surface area contributed by atoms with Crippen LogP contribution in [-0.2, 0) is 9.53 Å². The van der Waals surface area contributed by atoms with E-state index in [0.717, 1.165) is 18.4 Å². The van der Waals surface area contributed by atoms with E-state index in [1.54, 1.807) is 18.5 Å². The fourth-order valence-electron chi connectivity index (χ4n) is 0.735. The summed E-state index contributed by atoms with van der Waals surface area (Å²) in [5.74, 6) is -0.282. The van der Waals surface area contributed by atoms with E-state index in [0.29, 0.717) is 6.61 Å². The number of esters is 1. The maximum Gasteiger partial charge on any atom is 0.330 e. The Morgan fingerprint density at radius 1 is 1.54 bits per heavy atom. The molecular weight excluding hydrogens is 188 g/mol. The van der Waals surface area contributed by atoms with Gasteiger partial charge in [0, 0.05) is 11.6 Å². The fraction of sp³-hybridized carbons (Fsp3) is 0.500. The summed E-state index contributed by atoms with van der Waals surface area (Å²) in [6, 6.07) is 0. The van der Waals surface area contributed by atoms with Crippen LogP contribution in [0.25, 0.3) is 0 Å². The van der Waals surface area contributed by atoms with Gasteiger partial charge >= 0.3 is 5.97 Å². The maximum absolute atomic E-state index is 10.8. The molecule has 0 aromatic carbocycles. The van der Waals surface area contributed by atoms with Gasteiger partial charge in [-0.05, 0) is 26.7 Å². The van der Waals surface area contributed by atoms with Crippen LogP contribution in [0.2, 0.25) is 0 Å². The molecule has 0 spiro atoms. The Labute approximate surface area is 84.2 Å². The molecule has 0 atom stereocenters. The van der Waals surface area contributed by atoms with Crippen LogP contribution in [0.3, 0.4) is 0 Å². The summed E-state index contributed by atoms with van der Waals surface area (Å²) in [5, 5.41) is 0. The van der Waals surface area contributed by atoms with Gasteiger partial charge in [-0.3, -0.25) is 0 Å². The van der Waals surface area contributed by atoms with Crippen molar-refractivity contribution in [3.8, 4) is 0 Å². The number of allylic oxidation sites excluding steroid dienone is 2. The third-order valence-electron chi connectivity index (χ3n) is 1.43. The molecule has 0 aliphatic rings. The Hall–Kier alpha value is -0.760. The van der Waals surface area contributed by atoms with Gasteiger partial charge in [-0.2, -0.15) is 0 Å². The Morgan fingerprint density at radius 3 is 2.77 bits per heavy atom. The van der Waals surface area contributed by atoms with Crippen molar-refractivity contribution in [1.29, 1.82) is 0 Å². The molecule has 0 heterocycles. The standard InChI is InChI=1S/C10H15ClO2/c1-3-13-10(12)7-5-4-6-9(2)8-11/h5,7-8H,3-4,6H2,1-2H3/b7-5+,9-8+. The van der Waals surface area contributed by atoms with Crippen LogP contribution < -0.4 is 0 Å². The molecule has 0 radical (unpaired) electrons. The highest BCUT2D eigenvalue weighted by molar-refractivity contribution is 6.25. The van der Waals surface area contributed by atoms with E-state index >= 15 is 0 Å². The topological polar surface area (TPSA) is 26.3 Å². The first-order chi connectivity index (χ1) is 6.20. The first-order valence-corrected chi connectivity index (χ1v) is 4.73. The van der Waals surface area contributed by atoms with E-state index < -0.39 is 0 Å². The Morgan fingerprint density at radius 2 is 2.23 bits per heavy atom. The van der Waals surface area contributed by atoms with Crippen LogP contribution in [-0.4, -0.2) is 12.6 Å². The molecule has 2 nitrogen and oxygen atoms in total. The van der Waals surface area contributed by atoms with Crippen LogP contribution in [0.15, 0.2) is 23.3 Å². The van der Waals surface area contributed by atoms with Gasteiger partial charge in [-0.15, -0.1) is 0 Å². The SMILES string of the molecule is CCOC(=O)/C=C/CC/C(C)=C/Cl. The molecule has 0 N–H and O–H groups in total. The molecule has 74 valence electrons. The van der Waals surface area contributed by atoms with Crippen LogP contribution in [0.1, 0.15) is 26.7 Å². The number of rotatable bonds is 5. The lowest BCUT2D eigenvalue weighted by atomic mass is 10.2. The van der Waals surface area contributed by atoms with Gasteiger partial charge in [0.25, 0.3) is 0 Å². The molecule has 3 heteroatoms. The highest BCUT2D eigenvalue weighted by Gasteiger charge is 1.92. The molecule has 0 fully saturated rings. The zero-order chi connectivity index (χ0) is 10.1. The molecule has 0 unspecified atom stereocenters. The zero-order valence-electron chi connectivity index (χ0n) is 8.05. The summed E-state index contributed by atoms with van der Waals surface area (Å²) in [4.78, 5) is 10.8. The van der Waals surface area contributed by atoms with Crippen LogP contribution in [0.4, 0.5) is 0 Å². The summed E-state index contributed by atoms with van der Waals surface area (Å²) in [6.07, 6.45) is 4.93. The van der Waals surface area contributed by atoms with E-state index in [-0.39, 0.29) is 5.97 Å². The minimum absolute atomic E-state index is 0.282. The molecule has 0 rings (SSSR count). The minimum atomic E-state index is -0.282. The number of carbonyl (C=O) groups is 1. The van der Waals surface area contributed by atoms with Crippen molar-refractivity contribution in [1.82, 2.24) is 0 Å². The van der Waals surface area contributed by atoms with Crippen molar-refractivity contribution in [2.75, 3.05) is 6.61 Å². The Balaban J connectivity index is 3.57. The summed E-state index contributed by atoms with van der Waals surface area (Å²) in [6.45, 7) is 4.15. The molecule has 13 heavy (non-hydrogen) atoms. The highest BCUT2D eigenvalue weighted by Crippen LogP contribution is 2.05. The fourth-order valence-corrected chi connectivity index (χ4v) is 0.845. The average Bonchev–Trinajstić information content (AvgIpc) is 2.12. The third-order valence-corrected chi connectivity index (χ3v) is 1.80. The molecule has 0 saturated heterocycles. The van der Waals surface area contributed by atoms with Crippen molar-refractivity contribution in [3.63, 3.8) is 0 Å². The van der Waals surface area contributed by atoms with E-state index in [1.807, 2.05) is 6.92 Å². The first kappa shape index (κ1) is 12.2. The lowest BCUT2D eigenvalue weighted by Crippen LogP contribution is -1.98. The van der Waals surface area contributed by atoms with E-state index in [1.165, 1.54) is 6.08 Å². The second-order valence-corrected chi connectivity index (χ2v) is 2.87. The lowest BCUT2D eigenvalue weighted by Gasteiger charge is -1.95. The summed E-state index contributed by atoms with van der Waals surface area (Å²) >= 11 is 5.47. The second-order valence-electron chi connectivity index (χ2n) is 2.65. The number of hydrogen-bond donors (Lipinski definition) is 0. The number of hydrogen-bond acceptors (Lipinski definition) is 2. The van der Waals surface area contributed by atoms with Gasteiger partial charge in [0.05, 0.1) is 6.61 Å². The van der Waals surface area contributed by atoms with Crippen molar-refractivity contribution in [2.45, 2.75) is 26.7 Å². The number of carbonyl (C=O) groups excluding carboxylic acids is 1. The minimum Gasteiger partial charge on any atom is -0.463 e. The van der Waals surface area contributed by atoms with E-state index in [9.17, 15) is 4.79 Å². The van der Waals surface area contributed by atoms with Crippen LogP contribution in [0, 0.1) is 0 Å². The Kier molecular flexibility index (Phi) is 7.41. The molecule has 0 aliphatic heterocycles. The molecule has 0 saturated carbocycles. The summed E-state index contributed by atoms with van der Waals surface area (Å²) in [5.41, 5.74) is 2.66. The number of ether oxygens (including phenoxy) is 1. The van der Waals surface area contributed by atoms with Crippen LogP contribution >= 0.6 is 11.6 Å². The largest absolute Gasteiger partial charge is 0.463 e. The van der Waals surface area contributed by atoms with Gasteiger partial charge in [-0.25, -0.2) is 4.79 Å². The molecule has 0 bridgehead atoms. The quantitative estimate of drug-likeness (QED) is 0.506. The molecule has 0 aliphatic carbocycles. The van der Waals surface area contributed by atoms with E-state index in [4.69, 9.17) is 16.3 Å². The van der Waals surface area contributed by atoms with Crippen LogP contribution in [0.5, 0.6) is 0 Å². The second kappa shape index (κ2) is 7.87. The summed E-state index contributed by atoms with van der Waals surface area (Å²) in [7, 11) is 0. The predicted molar refractivity (Wildman–Crippen MR) is 54.6 cm³/mol. The number of halogens is 1. The molecular formula is C10H15ClO2. The Bertz CT molecular complexity index is 207. The molecule has 0 aromatic heterocycles. The highest BCUT2D eigenvalue weighted by atomic mass is 35.5. The normalized spacial score (nSPS) is 12.1. The molecule has 0 aromatic rings. The van der Waals surface area contributed by atoms with Gasteiger partial charge in [0.15, 0.2) is 0 Å². The smallest absolute Gasteiger partial charge is 0.330 e. The third kappa shape index (κ3) is 7.60. The van der Waals surface area contributed by atoms with E-state index in [2.05, 4.69) is 0 Å². The summed E-state index contributed by atoms with van der Waals surface area (Å²) < 4.78 is 4.71. The van der Waals surface area contributed by atoms with Crippen molar-refractivity contribution in [2.24, 2.45) is 0 Å². The van der Waals surface area contributed by atoms with Gasteiger partial charge in [0.1, 0.15) is 0 Å². The van der Waals surface area contributed by atoms with Crippen molar-refractivity contribution in [3.05, 3.63) is 23.3 Å².